The van der Waals surface area contributed by atoms with Gasteiger partial charge in [-0.1, -0.05) is 12.1 Å². The normalized spacial score (nSPS) is 19.1. The molecule has 2 unspecified atom stereocenters. The molecule has 1 fully saturated rings. The van der Waals surface area contributed by atoms with E-state index >= 15 is 0 Å². The lowest BCUT2D eigenvalue weighted by atomic mass is 10.0. The summed E-state index contributed by atoms with van der Waals surface area (Å²) in [6.45, 7) is 6.62. The highest BCUT2D eigenvalue weighted by atomic mass is 127. The molecule has 2 aromatic rings. The third-order valence-electron chi connectivity index (χ3n) is 4.66. The molecule has 3 rings (SSSR count). The number of para-hydroxylation sites is 1. The number of anilines is 1. The van der Waals surface area contributed by atoms with Crippen molar-refractivity contribution in [1.82, 2.24) is 10.6 Å². The standard InChI is InChI=1S/C20H27BrN4O2.HI/c1-3-22-19(23-14-20(2,26)18-9-6-12-27-18)24-15-10-11-25(13-15)17-8-5-4-7-16(17)21;/h4-9,12,15,26H,3,10-11,13-14H2,1-2H3,(H2,22,23,24);1H. The van der Waals surface area contributed by atoms with E-state index in [1.807, 2.05) is 13.0 Å². The second kappa shape index (κ2) is 10.5. The molecule has 1 aromatic heterocycles. The molecule has 0 radical (unpaired) electrons. The number of guanidine groups is 1. The molecule has 1 aliphatic heterocycles. The van der Waals surface area contributed by atoms with E-state index in [1.165, 1.54) is 5.69 Å². The van der Waals surface area contributed by atoms with Gasteiger partial charge in [0.1, 0.15) is 11.4 Å². The van der Waals surface area contributed by atoms with Crippen molar-refractivity contribution in [1.29, 1.82) is 0 Å². The fourth-order valence-corrected chi connectivity index (χ4v) is 3.75. The molecule has 2 atom stereocenters. The van der Waals surface area contributed by atoms with Crippen molar-refractivity contribution < 1.29 is 9.52 Å². The number of nitrogens with zero attached hydrogens (tertiary/aromatic N) is 2. The minimum absolute atomic E-state index is 0. The van der Waals surface area contributed by atoms with Crippen LogP contribution in [0.3, 0.4) is 0 Å². The third-order valence-corrected chi connectivity index (χ3v) is 5.33. The van der Waals surface area contributed by atoms with E-state index in [0.29, 0.717) is 17.8 Å². The summed E-state index contributed by atoms with van der Waals surface area (Å²) in [5.74, 6) is 1.23. The minimum atomic E-state index is -1.14. The van der Waals surface area contributed by atoms with Crippen molar-refractivity contribution in [3.63, 3.8) is 0 Å². The van der Waals surface area contributed by atoms with Gasteiger partial charge in [0.2, 0.25) is 0 Å². The SMILES string of the molecule is CCNC(=NCC(C)(O)c1ccco1)NC1CCN(c2ccccc2Br)C1.I. The fourth-order valence-electron chi connectivity index (χ4n) is 3.21. The van der Waals surface area contributed by atoms with Crippen LogP contribution in [0.5, 0.6) is 0 Å². The van der Waals surface area contributed by atoms with E-state index in [2.05, 4.69) is 54.7 Å². The van der Waals surface area contributed by atoms with Crippen LogP contribution in [0.2, 0.25) is 0 Å². The zero-order chi connectivity index (χ0) is 19.3. The molecule has 0 aliphatic carbocycles. The van der Waals surface area contributed by atoms with Crippen molar-refractivity contribution in [2.75, 3.05) is 31.1 Å². The molecule has 0 spiro atoms. The topological polar surface area (TPSA) is 73.0 Å². The minimum Gasteiger partial charge on any atom is -0.466 e. The Morgan fingerprint density at radius 2 is 2.14 bits per heavy atom. The number of nitrogens with one attached hydrogen (secondary N) is 2. The average molecular weight is 563 g/mol. The number of halogens is 2. The maximum Gasteiger partial charge on any atom is 0.191 e. The number of aliphatic imine (C=N–C) groups is 1. The Morgan fingerprint density at radius 1 is 1.36 bits per heavy atom. The van der Waals surface area contributed by atoms with Gasteiger partial charge in [-0.2, -0.15) is 0 Å². The summed E-state index contributed by atoms with van der Waals surface area (Å²) in [6, 6.07) is 12.1. The van der Waals surface area contributed by atoms with Gasteiger partial charge in [0, 0.05) is 30.1 Å². The van der Waals surface area contributed by atoms with Crippen LogP contribution in [0.1, 0.15) is 26.0 Å². The highest BCUT2D eigenvalue weighted by Gasteiger charge is 2.27. The van der Waals surface area contributed by atoms with Gasteiger partial charge in [-0.15, -0.1) is 24.0 Å². The summed E-state index contributed by atoms with van der Waals surface area (Å²) < 4.78 is 6.44. The van der Waals surface area contributed by atoms with Gasteiger partial charge in [0.15, 0.2) is 5.96 Å². The molecule has 1 aliphatic rings. The first-order chi connectivity index (χ1) is 13.0. The first-order valence-electron chi connectivity index (χ1n) is 9.30. The molecular formula is C20H28BrIN4O2. The maximum atomic E-state index is 10.6. The van der Waals surface area contributed by atoms with E-state index in [9.17, 15) is 5.11 Å². The quantitative estimate of drug-likeness (QED) is 0.284. The highest BCUT2D eigenvalue weighted by molar-refractivity contribution is 14.0. The third kappa shape index (κ3) is 5.87. The van der Waals surface area contributed by atoms with E-state index in [1.54, 1.807) is 25.3 Å². The monoisotopic (exact) mass is 562 g/mol. The molecule has 28 heavy (non-hydrogen) atoms. The predicted molar refractivity (Wildman–Crippen MR) is 128 cm³/mol. The summed E-state index contributed by atoms with van der Waals surface area (Å²) >= 11 is 3.63. The molecule has 3 N–H and O–H groups in total. The molecule has 8 heteroatoms. The average Bonchev–Trinajstić information content (AvgIpc) is 3.33. The van der Waals surface area contributed by atoms with E-state index in [0.717, 1.165) is 30.5 Å². The van der Waals surface area contributed by atoms with Crippen molar-refractivity contribution in [2.24, 2.45) is 4.99 Å². The molecular weight excluding hydrogens is 535 g/mol. The van der Waals surface area contributed by atoms with Crippen LogP contribution in [0.15, 0.2) is 56.5 Å². The molecule has 1 aromatic carbocycles. The van der Waals surface area contributed by atoms with Crippen molar-refractivity contribution in [3.8, 4) is 0 Å². The van der Waals surface area contributed by atoms with Gasteiger partial charge in [0.05, 0.1) is 18.5 Å². The van der Waals surface area contributed by atoms with E-state index in [4.69, 9.17) is 4.42 Å². The Balaban J connectivity index is 0.00000280. The van der Waals surface area contributed by atoms with Crippen LogP contribution in [-0.4, -0.2) is 43.3 Å². The number of furan rings is 1. The van der Waals surface area contributed by atoms with Crippen molar-refractivity contribution in [2.45, 2.75) is 31.9 Å². The van der Waals surface area contributed by atoms with Gasteiger partial charge >= 0.3 is 0 Å². The molecule has 154 valence electrons. The zero-order valence-electron chi connectivity index (χ0n) is 16.2. The molecule has 0 saturated carbocycles. The zero-order valence-corrected chi connectivity index (χ0v) is 20.1. The van der Waals surface area contributed by atoms with E-state index in [-0.39, 0.29) is 30.5 Å². The Hall–Kier alpha value is -1.26. The molecule has 1 saturated heterocycles. The van der Waals surface area contributed by atoms with Crippen LogP contribution >= 0.6 is 39.9 Å². The molecule has 6 nitrogen and oxygen atoms in total. The first-order valence-corrected chi connectivity index (χ1v) is 10.1. The fraction of sp³-hybridized carbons (Fsp3) is 0.450. The van der Waals surface area contributed by atoms with Gasteiger partial charge in [-0.25, -0.2) is 4.99 Å². The summed E-state index contributed by atoms with van der Waals surface area (Å²) in [6.07, 6.45) is 2.59. The summed E-state index contributed by atoms with van der Waals surface area (Å²) in [5, 5.41) is 17.4. The predicted octanol–water partition coefficient (Wildman–Crippen LogP) is 3.70. The number of aliphatic hydroxyl groups is 1. The van der Waals surface area contributed by atoms with Gasteiger partial charge in [0.25, 0.3) is 0 Å². The smallest absolute Gasteiger partial charge is 0.191 e. The number of hydrogen-bond donors (Lipinski definition) is 3. The van der Waals surface area contributed by atoms with Crippen molar-refractivity contribution in [3.05, 3.63) is 52.9 Å². The Bertz CT molecular complexity index is 767. The number of hydrogen-bond acceptors (Lipinski definition) is 4. The van der Waals surface area contributed by atoms with Crippen LogP contribution in [0.4, 0.5) is 5.69 Å². The summed E-state index contributed by atoms with van der Waals surface area (Å²) in [5.41, 5.74) is 0.0760. The lowest BCUT2D eigenvalue weighted by molar-refractivity contribution is 0.0437. The van der Waals surface area contributed by atoms with Gasteiger partial charge in [-0.05, 0) is 60.5 Å². The van der Waals surface area contributed by atoms with E-state index < -0.39 is 5.60 Å². The Kier molecular flexibility index (Phi) is 8.63. The molecule has 0 amide bonds. The van der Waals surface area contributed by atoms with Gasteiger partial charge < -0.3 is 25.1 Å². The van der Waals surface area contributed by atoms with Crippen LogP contribution < -0.4 is 15.5 Å². The number of rotatable bonds is 6. The second-order valence-electron chi connectivity index (χ2n) is 6.97. The Morgan fingerprint density at radius 3 is 2.82 bits per heavy atom. The number of benzene rings is 1. The van der Waals surface area contributed by atoms with Gasteiger partial charge in [-0.3, -0.25) is 0 Å². The lowest BCUT2D eigenvalue weighted by Gasteiger charge is -2.22. The van der Waals surface area contributed by atoms with Crippen molar-refractivity contribution >= 4 is 51.6 Å². The highest BCUT2D eigenvalue weighted by Crippen LogP contribution is 2.28. The Labute approximate surface area is 191 Å². The second-order valence-corrected chi connectivity index (χ2v) is 7.83. The molecule has 2 heterocycles. The van der Waals surface area contributed by atoms with Crippen LogP contribution in [0.25, 0.3) is 0 Å². The largest absolute Gasteiger partial charge is 0.466 e. The van der Waals surface area contributed by atoms with Crippen LogP contribution in [-0.2, 0) is 5.60 Å². The molecule has 0 bridgehead atoms. The first kappa shape index (κ1) is 23.0. The summed E-state index contributed by atoms with van der Waals surface area (Å²) in [7, 11) is 0. The lowest BCUT2D eigenvalue weighted by Crippen LogP contribution is -2.45. The summed E-state index contributed by atoms with van der Waals surface area (Å²) in [4.78, 5) is 6.94. The maximum absolute atomic E-state index is 10.6. The van der Waals surface area contributed by atoms with Crippen LogP contribution in [0, 0.1) is 0 Å².